The second-order valence-electron chi connectivity index (χ2n) is 7.47. The lowest BCUT2D eigenvalue weighted by atomic mass is 10.2. The summed E-state index contributed by atoms with van der Waals surface area (Å²) in [5.41, 5.74) is 2.83. The minimum absolute atomic E-state index is 0.174. The van der Waals surface area contributed by atoms with Gasteiger partial charge in [0.1, 0.15) is 0 Å². The van der Waals surface area contributed by atoms with Crippen LogP contribution in [-0.4, -0.2) is 34.4 Å². The van der Waals surface area contributed by atoms with E-state index in [1.54, 1.807) is 38.5 Å². The average Bonchev–Trinajstić information content (AvgIpc) is 2.92. The SMILES string of the molecule is COC(=Nc1ccc(S(=O)(=O)c2ccc(N=C(OC)c3ccccc3)cc2)cc1)c1ccccc1. The fourth-order valence-electron chi connectivity index (χ4n) is 3.39. The van der Waals surface area contributed by atoms with Gasteiger partial charge in [0.25, 0.3) is 0 Å². The number of benzene rings is 4. The number of aliphatic imine (C=N–C) groups is 2. The van der Waals surface area contributed by atoms with E-state index in [9.17, 15) is 8.42 Å². The molecule has 0 aromatic heterocycles. The maximum Gasteiger partial charge on any atom is 0.220 e. The Morgan fingerprint density at radius 1 is 0.543 bits per heavy atom. The predicted octanol–water partition coefficient (Wildman–Crippen LogP) is 5.97. The van der Waals surface area contributed by atoms with Gasteiger partial charge in [-0.3, -0.25) is 0 Å². The van der Waals surface area contributed by atoms with E-state index in [-0.39, 0.29) is 9.79 Å². The molecule has 0 N–H and O–H groups in total. The van der Waals surface area contributed by atoms with Crippen molar-refractivity contribution in [3.63, 3.8) is 0 Å². The summed E-state index contributed by atoms with van der Waals surface area (Å²) in [6.45, 7) is 0. The van der Waals surface area contributed by atoms with Crippen molar-refractivity contribution in [3.8, 4) is 0 Å². The fourth-order valence-corrected chi connectivity index (χ4v) is 4.65. The summed E-state index contributed by atoms with van der Waals surface area (Å²) in [6, 6.07) is 31.7. The highest BCUT2D eigenvalue weighted by atomic mass is 32.2. The lowest BCUT2D eigenvalue weighted by Gasteiger charge is -2.08. The Kier molecular flexibility index (Phi) is 7.38. The van der Waals surface area contributed by atoms with Crippen LogP contribution in [0.25, 0.3) is 0 Å². The molecule has 0 aliphatic heterocycles. The molecule has 0 atom stereocenters. The van der Waals surface area contributed by atoms with Gasteiger partial charge in [-0.2, -0.15) is 0 Å². The van der Waals surface area contributed by atoms with Crippen molar-refractivity contribution < 1.29 is 17.9 Å². The molecule has 0 amide bonds. The Morgan fingerprint density at radius 2 is 0.886 bits per heavy atom. The van der Waals surface area contributed by atoms with E-state index in [0.717, 1.165) is 11.1 Å². The van der Waals surface area contributed by atoms with Crippen LogP contribution < -0.4 is 0 Å². The second kappa shape index (κ2) is 10.8. The Morgan fingerprint density at radius 3 is 1.20 bits per heavy atom. The first kappa shape index (κ1) is 23.9. The van der Waals surface area contributed by atoms with Gasteiger partial charge >= 0.3 is 0 Å². The maximum atomic E-state index is 13.1. The monoisotopic (exact) mass is 484 g/mol. The van der Waals surface area contributed by atoms with Crippen LogP contribution in [0.1, 0.15) is 11.1 Å². The van der Waals surface area contributed by atoms with E-state index in [1.165, 1.54) is 24.3 Å². The van der Waals surface area contributed by atoms with Crippen LogP contribution in [0.4, 0.5) is 11.4 Å². The number of sulfone groups is 1. The molecule has 4 rings (SSSR count). The van der Waals surface area contributed by atoms with E-state index >= 15 is 0 Å². The molecular formula is C28H24N2O4S. The van der Waals surface area contributed by atoms with Crippen molar-refractivity contribution >= 4 is 33.0 Å². The fraction of sp³-hybridized carbons (Fsp3) is 0.0714. The number of hydrogen-bond donors (Lipinski definition) is 0. The molecule has 35 heavy (non-hydrogen) atoms. The van der Waals surface area contributed by atoms with E-state index in [1.807, 2.05) is 60.7 Å². The molecule has 0 heterocycles. The highest BCUT2D eigenvalue weighted by molar-refractivity contribution is 7.91. The normalized spacial score (nSPS) is 12.3. The van der Waals surface area contributed by atoms with Gasteiger partial charge in [0.15, 0.2) is 0 Å². The molecule has 176 valence electrons. The summed E-state index contributed by atoms with van der Waals surface area (Å²) >= 11 is 0. The number of ether oxygens (including phenoxy) is 2. The van der Waals surface area contributed by atoms with Gasteiger partial charge in [0.05, 0.1) is 35.4 Å². The highest BCUT2D eigenvalue weighted by Gasteiger charge is 2.17. The first-order chi connectivity index (χ1) is 17.0. The number of hydrogen-bond acceptors (Lipinski definition) is 6. The van der Waals surface area contributed by atoms with Crippen molar-refractivity contribution in [1.29, 1.82) is 0 Å². The van der Waals surface area contributed by atoms with Gasteiger partial charge in [0.2, 0.25) is 21.6 Å². The average molecular weight is 485 g/mol. The molecule has 0 saturated carbocycles. The Balaban J connectivity index is 1.56. The molecule has 0 aliphatic carbocycles. The minimum Gasteiger partial charge on any atom is -0.481 e. The Labute approximate surface area is 205 Å². The number of rotatable bonds is 6. The van der Waals surface area contributed by atoms with Crippen molar-refractivity contribution in [2.75, 3.05) is 14.2 Å². The molecule has 0 spiro atoms. The summed E-state index contributed by atoms with van der Waals surface area (Å²) in [7, 11) is -0.605. The molecule has 4 aromatic rings. The van der Waals surface area contributed by atoms with E-state index in [4.69, 9.17) is 9.47 Å². The molecule has 0 saturated heterocycles. The van der Waals surface area contributed by atoms with Crippen LogP contribution in [0.3, 0.4) is 0 Å². The van der Waals surface area contributed by atoms with Crippen LogP contribution in [0.2, 0.25) is 0 Å². The zero-order chi connectivity index (χ0) is 24.7. The highest BCUT2D eigenvalue weighted by Crippen LogP contribution is 2.26. The van der Waals surface area contributed by atoms with Crippen molar-refractivity contribution in [2.45, 2.75) is 9.79 Å². The van der Waals surface area contributed by atoms with Crippen LogP contribution in [0.15, 0.2) is 129 Å². The van der Waals surface area contributed by atoms with Crippen molar-refractivity contribution in [2.24, 2.45) is 9.98 Å². The second-order valence-corrected chi connectivity index (χ2v) is 9.42. The smallest absolute Gasteiger partial charge is 0.220 e. The summed E-state index contributed by atoms with van der Waals surface area (Å²) in [5.74, 6) is 0.895. The summed E-state index contributed by atoms with van der Waals surface area (Å²) in [5, 5.41) is 0. The van der Waals surface area contributed by atoms with Gasteiger partial charge in [-0.25, -0.2) is 18.4 Å². The number of methoxy groups -OCH3 is 2. The standard InChI is InChI=1S/C28H24N2O4S/c1-33-27(21-9-5-3-6-10-21)29-23-13-17-25(18-14-23)35(31,32)26-19-15-24(16-20-26)30-28(34-2)22-11-7-4-8-12-22/h3-20H,1-2H3. The Hall–Kier alpha value is -4.23. The van der Waals surface area contributed by atoms with Crippen molar-refractivity contribution in [3.05, 3.63) is 120 Å². The predicted molar refractivity (Wildman–Crippen MR) is 138 cm³/mol. The van der Waals surface area contributed by atoms with Crippen LogP contribution >= 0.6 is 0 Å². The van der Waals surface area contributed by atoms with E-state index in [2.05, 4.69) is 9.98 Å². The van der Waals surface area contributed by atoms with E-state index in [0.29, 0.717) is 23.2 Å². The molecule has 0 fully saturated rings. The van der Waals surface area contributed by atoms with E-state index < -0.39 is 9.84 Å². The summed E-state index contributed by atoms with van der Waals surface area (Å²) in [6.07, 6.45) is 0. The summed E-state index contributed by atoms with van der Waals surface area (Å²) in [4.78, 5) is 9.33. The molecule has 7 heteroatoms. The van der Waals surface area contributed by atoms with Crippen LogP contribution in [0, 0.1) is 0 Å². The molecule has 0 aliphatic rings. The topological polar surface area (TPSA) is 77.3 Å². The first-order valence-corrected chi connectivity index (χ1v) is 12.3. The minimum atomic E-state index is -3.70. The van der Waals surface area contributed by atoms with Crippen LogP contribution in [-0.2, 0) is 19.3 Å². The molecule has 0 unspecified atom stereocenters. The Bertz CT molecular complexity index is 1320. The van der Waals surface area contributed by atoms with Crippen LogP contribution in [0.5, 0.6) is 0 Å². The van der Waals surface area contributed by atoms with Gasteiger partial charge < -0.3 is 9.47 Å². The van der Waals surface area contributed by atoms with Gasteiger partial charge in [-0.15, -0.1) is 0 Å². The zero-order valence-electron chi connectivity index (χ0n) is 19.3. The molecule has 0 radical (unpaired) electrons. The largest absolute Gasteiger partial charge is 0.481 e. The molecule has 6 nitrogen and oxygen atoms in total. The third-order valence-electron chi connectivity index (χ3n) is 5.18. The summed E-state index contributed by atoms with van der Waals surface area (Å²) < 4.78 is 37.1. The van der Waals surface area contributed by atoms with Gasteiger partial charge in [-0.05, 0) is 72.8 Å². The quantitative estimate of drug-likeness (QED) is 0.250. The third-order valence-corrected chi connectivity index (χ3v) is 6.97. The zero-order valence-corrected chi connectivity index (χ0v) is 20.1. The number of nitrogens with zero attached hydrogens (tertiary/aromatic N) is 2. The van der Waals surface area contributed by atoms with Gasteiger partial charge in [0, 0.05) is 11.1 Å². The lowest BCUT2D eigenvalue weighted by Crippen LogP contribution is -2.03. The lowest BCUT2D eigenvalue weighted by molar-refractivity contribution is 0.405. The molecular weight excluding hydrogens is 460 g/mol. The van der Waals surface area contributed by atoms with Crippen molar-refractivity contribution in [1.82, 2.24) is 0 Å². The molecule has 0 bridgehead atoms. The third kappa shape index (κ3) is 5.65. The van der Waals surface area contributed by atoms with Gasteiger partial charge in [-0.1, -0.05) is 36.4 Å². The first-order valence-electron chi connectivity index (χ1n) is 10.8. The maximum absolute atomic E-state index is 13.1. The molecule has 4 aromatic carbocycles.